The van der Waals surface area contributed by atoms with E-state index in [1.54, 1.807) is 42.5 Å². The molecule has 12 nitrogen and oxygen atoms in total. The lowest BCUT2D eigenvalue weighted by Crippen LogP contribution is -2.53. The maximum absolute atomic E-state index is 15.2. The number of ether oxygens (including phenoxy) is 3. The lowest BCUT2D eigenvalue weighted by Gasteiger charge is -2.50. The van der Waals surface area contributed by atoms with Gasteiger partial charge in [-0.25, -0.2) is 9.18 Å². The second-order valence-electron chi connectivity index (χ2n) is 12.6. The molecule has 0 aromatic heterocycles. The molecule has 0 radical (unpaired) electrons. The van der Waals surface area contributed by atoms with Crippen LogP contribution in [0.1, 0.15) is 29.9 Å². The van der Waals surface area contributed by atoms with Crippen LogP contribution in [0, 0.1) is 29.5 Å². The van der Waals surface area contributed by atoms with Gasteiger partial charge in [0, 0.05) is 10.9 Å². The van der Waals surface area contributed by atoms with Crippen LogP contribution in [0.2, 0.25) is 5.02 Å². The smallest absolute Gasteiger partial charge is 0.423 e. The van der Waals surface area contributed by atoms with E-state index in [0.29, 0.717) is 26.6 Å². The van der Waals surface area contributed by atoms with Crippen LogP contribution in [0.15, 0.2) is 72.3 Å². The Morgan fingerprint density at radius 2 is 1.56 bits per heavy atom. The molecule has 2 heterocycles. The van der Waals surface area contributed by atoms with Gasteiger partial charge in [0.15, 0.2) is 11.5 Å². The Balaban J connectivity index is 1.49. The Labute approximate surface area is 290 Å². The number of likely N-dealkylation sites (tertiary alicyclic amines) is 1. The molecule has 2 aliphatic carbocycles. The largest absolute Gasteiger partial charge is 0.502 e. The van der Waals surface area contributed by atoms with Gasteiger partial charge in [0.2, 0.25) is 17.6 Å². The number of phenols is 1. The van der Waals surface area contributed by atoms with Crippen LogP contribution in [0.25, 0.3) is 0 Å². The summed E-state index contributed by atoms with van der Waals surface area (Å²) < 4.78 is 29.6. The molecule has 0 unspecified atom stereocenters. The summed E-state index contributed by atoms with van der Waals surface area (Å²) in [5.74, 6) is -8.30. The third-order valence-corrected chi connectivity index (χ3v) is 10.7. The van der Waals surface area contributed by atoms with Gasteiger partial charge in [0.05, 0.1) is 50.2 Å². The summed E-state index contributed by atoms with van der Waals surface area (Å²) in [5, 5.41) is 12.2. The van der Waals surface area contributed by atoms with Gasteiger partial charge in [-0.2, -0.15) is 9.91 Å². The Kier molecular flexibility index (Phi) is 8.05. The predicted octanol–water partition coefficient (Wildman–Crippen LogP) is 4.95. The summed E-state index contributed by atoms with van der Waals surface area (Å²) in [7, 11) is 3.78. The second kappa shape index (κ2) is 12.2. The molecule has 50 heavy (non-hydrogen) atoms. The zero-order valence-corrected chi connectivity index (χ0v) is 27.8. The first-order chi connectivity index (χ1) is 24.0. The van der Waals surface area contributed by atoms with E-state index in [1.165, 1.54) is 38.5 Å². The summed E-state index contributed by atoms with van der Waals surface area (Å²) in [6.07, 6.45) is 0.723. The van der Waals surface area contributed by atoms with Crippen molar-refractivity contribution in [1.29, 1.82) is 0 Å². The number of nitrogens with zero attached hydrogens (tertiary/aromatic N) is 2. The highest BCUT2D eigenvalue weighted by Gasteiger charge is 2.70. The van der Waals surface area contributed by atoms with Crippen LogP contribution >= 0.6 is 11.6 Å². The fourth-order valence-electron chi connectivity index (χ4n) is 8.38. The average molecular weight is 704 g/mol. The molecule has 0 spiro atoms. The van der Waals surface area contributed by atoms with Gasteiger partial charge in [0.25, 0.3) is 11.8 Å². The molecule has 4 aliphatic rings. The molecular weight excluding hydrogens is 673 g/mol. The minimum Gasteiger partial charge on any atom is -0.502 e. The molecule has 0 bridgehead atoms. The van der Waals surface area contributed by atoms with E-state index in [0.717, 1.165) is 12.1 Å². The lowest BCUT2D eigenvalue weighted by molar-refractivity contribution is -0.140. The Bertz CT molecular complexity index is 1960. The highest BCUT2D eigenvalue weighted by atomic mass is 35.5. The van der Waals surface area contributed by atoms with Crippen LogP contribution in [-0.2, 0) is 29.3 Å². The van der Waals surface area contributed by atoms with Crippen molar-refractivity contribution in [3.8, 4) is 17.2 Å². The first-order valence-electron chi connectivity index (χ1n) is 15.7. The highest BCUT2D eigenvalue weighted by molar-refractivity contribution is 6.30. The summed E-state index contributed by atoms with van der Waals surface area (Å²) in [5.41, 5.74) is 2.91. The van der Waals surface area contributed by atoms with Crippen molar-refractivity contribution in [2.24, 2.45) is 23.7 Å². The summed E-state index contributed by atoms with van der Waals surface area (Å²) in [6, 6.07) is 14.8. The van der Waals surface area contributed by atoms with Crippen molar-refractivity contribution < 1.29 is 47.7 Å². The van der Waals surface area contributed by atoms with Gasteiger partial charge >= 0.3 is 6.09 Å². The fourth-order valence-corrected chi connectivity index (χ4v) is 8.51. The van der Waals surface area contributed by atoms with Crippen molar-refractivity contribution in [3.63, 3.8) is 0 Å². The van der Waals surface area contributed by atoms with Crippen molar-refractivity contribution in [1.82, 2.24) is 9.91 Å². The zero-order valence-electron chi connectivity index (χ0n) is 27.0. The number of carbonyl (C=O) groups is 5. The number of aromatic hydroxyl groups is 1. The maximum Gasteiger partial charge on any atom is 0.423 e. The van der Waals surface area contributed by atoms with Crippen molar-refractivity contribution in [2.45, 2.75) is 24.2 Å². The van der Waals surface area contributed by atoms with E-state index < -0.39 is 70.5 Å². The maximum atomic E-state index is 15.2. The van der Waals surface area contributed by atoms with Gasteiger partial charge in [-0.3, -0.25) is 24.6 Å². The average Bonchev–Trinajstić information content (AvgIpc) is 3.50. The number of halogens is 2. The van der Waals surface area contributed by atoms with Crippen LogP contribution in [-0.4, -0.2) is 66.1 Å². The van der Waals surface area contributed by atoms with Crippen molar-refractivity contribution >= 4 is 47.0 Å². The van der Waals surface area contributed by atoms with Gasteiger partial charge in [-0.05, 0) is 78.4 Å². The fraction of sp³-hybridized carbons (Fsp3) is 0.306. The Morgan fingerprint density at radius 3 is 2.16 bits per heavy atom. The number of allylic oxidation sites excluding steroid dienone is 2. The third kappa shape index (κ3) is 4.67. The number of methoxy groups -OCH3 is 3. The number of carbonyl (C=O) groups excluding carboxylic acids is 5. The Hall–Kier alpha value is -5.43. The summed E-state index contributed by atoms with van der Waals surface area (Å²) >= 11 is 6.32. The monoisotopic (exact) mass is 703 g/mol. The standard InChI is InChI=1S/C36H31ClFN3O9/c1-48-26-14-17(15-27(49-2)30(26)42)29-22-12-13-23-28(33(45)40(31(23)43)35(47)50-3)24(22)16-25-32(44)41(39-21-10-8-20(38)9-11-21)34(46)36(25,29)18-4-6-19(37)7-5-18/h4-12,14-15,23-25,28-29,39,42H,13,16H2,1-3H3/t23-,24+,25-,28-,29-,36+/m0/s1. The number of hydrogen-bond acceptors (Lipinski definition) is 10. The first-order valence-corrected chi connectivity index (χ1v) is 16.1. The van der Waals surface area contributed by atoms with E-state index in [2.05, 4.69) is 5.43 Å². The Morgan fingerprint density at radius 1 is 0.920 bits per heavy atom. The molecule has 1 saturated carbocycles. The highest BCUT2D eigenvalue weighted by Crippen LogP contribution is 2.64. The molecule has 2 saturated heterocycles. The third-order valence-electron chi connectivity index (χ3n) is 10.4. The van der Waals surface area contributed by atoms with Gasteiger partial charge in [-0.1, -0.05) is 35.4 Å². The minimum atomic E-state index is -1.68. The topological polar surface area (TPSA) is 152 Å². The normalized spacial score (nSPS) is 27.0. The van der Waals surface area contributed by atoms with Gasteiger partial charge < -0.3 is 19.3 Å². The molecule has 6 atom stereocenters. The van der Waals surface area contributed by atoms with Crippen LogP contribution in [0.3, 0.4) is 0 Å². The van der Waals surface area contributed by atoms with E-state index in [9.17, 15) is 28.7 Å². The van der Waals surface area contributed by atoms with E-state index in [4.69, 9.17) is 25.8 Å². The number of benzene rings is 3. The van der Waals surface area contributed by atoms with Crippen LogP contribution in [0.5, 0.6) is 17.2 Å². The van der Waals surface area contributed by atoms with E-state index >= 15 is 4.79 Å². The second-order valence-corrected chi connectivity index (χ2v) is 13.1. The van der Waals surface area contributed by atoms with Crippen molar-refractivity contribution in [3.05, 3.63) is 94.3 Å². The summed E-state index contributed by atoms with van der Waals surface area (Å²) in [6.45, 7) is 0. The summed E-state index contributed by atoms with van der Waals surface area (Å²) in [4.78, 5) is 70.4. The number of hydrogen-bond donors (Lipinski definition) is 2. The minimum absolute atomic E-state index is 0.0284. The predicted molar refractivity (Wildman–Crippen MR) is 174 cm³/mol. The van der Waals surface area contributed by atoms with Gasteiger partial charge in [0.1, 0.15) is 5.82 Å². The van der Waals surface area contributed by atoms with E-state index in [-0.39, 0.29) is 35.8 Å². The molecule has 7 rings (SSSR count). The number of nitrogens with one attached hydrogen (secondary N) is 1. The molecule has 2 aliphatic heterocycles. The zero-order chi connectivity index (χ0) is 35.6. The number of phenolic OH excluding ortho intramolecular Hbond substituents is 1. The van der Waals surface area contributed by atoms with Crippen LogP contribution in [0.4, 0.5) is 14.9 Å². The number of anilines is 1. The molecule has 5 amide bonds. The number of fused-ring (bicyclic) bond motifs is 4. The molecule has 2 N–H and O–H groups in total. The van der Waals surface area contributed by atoms with Gasteiger partial charge in [-0.15, -0.1) is 0 Å². The molecule has 3 aromatic carbocycles. The molecule has 258 valence electrons. The molecule has 14 heteroatoms. The first kappa shape index (κ1) is 33.1. The number of hydrazine groups is 1. The quantitative estimate of drug-likeness (QED) is 0.267. The van der Waals surface area contributed by atoms with E-state index in [1.807, 2.05) is 0 Å². The SMILES string of the molecule is COC(=O)N1C(=O)[C@H]2[C@H](CC=C3[C@H]2C[C@H]2C(=O)N(Nc4ccc(F)cc4)C(=O)[C@@]2(c2ccc(Cl)cc2)[C@H]3c2cc(OC)c(O)c(OC)c2)C1=O. The van der Waals surface area contributed by atoms with Crippen molar-refractivity contribution in [2.75, 3.05) is 26.8 Å². The lowest BCUT2D eigenvalue weighted by atomic mass is 9.49. The number of imide groups is 4. The van der Waals surface area contributed by atoms with Crippen LogP contribution < -0.4 is 14.9 Å². The number of amides is 5. The number of rotatable bonds is 6. The molecule has 3 aromatic rings. The molecule has 3 fully saturated rings. The molecular formula is C36H31ClFN3O9.